The van der Waals surface area contributed by atoms with Crippen molar-refractivity contribution in [3.8, 4) is 5.75 Å². The van der Waals surface area contributed by atoms with E-state index in [1.165, 1.54) is 6.07 Å². The third-order valence-electron chi connectivity index (χ3n) is 5.00. The number of non-ortho nitro benzene ring substituents is 1. The van der Waals surface area contributed by atoms with Gasteiger partial charge < -0.3 is 10.4 Å². The van der Waals surface area contributed by atoms with Crippen molar-refractivity contribution in [3.63, 3.8) is 0 Å². The molecule has 1 aromatic carbocycles. The normalized spacial score (nSPS) is 19.7. The summed E-state index contributed by atoms with van der Waals surface area (Å²) in [6.07, 6.45) is 4.26. The molecule has 1 aliphatic heterocycles. The van der Waals surface area contributed by atoms with Gasteiger partial charge >= 0.3 is 0 Å². The number of nitro groups is 1. The van der Waals surface area contributed by atoms with E-state index in [0.29, 0.717) is 11.5 Å². The van der Waals surface area contributed by atoms with E-state index in [0.717, 1.165) is 57.9 Å². The van der Waals surface area contributed by atoms with Gasteiger partial charge in [-0.1, -0.05) is 12.8 Å². The molecule has 0 amide bonds. The lowest BCUT2D eigenvalue weighted by atomic mass is 9.88. The average molecular weight is 396 g/mol. The molecule has 1 atom stereocenters. The van der Waals surface area contributed by atoms with Crippen LogP contribution in [0.3, 0.4) is 0 Å². The fourth-order valence-corrected chi connectivity index (χ4v) is 3.92. The van der Waals surface area contributed by atoms with Gasteiger partial charge in [-0.2, -0.15) is 0 Å². The smallest absolute Gasteiger partial charge is 0.272 e. The highest BCUT2D eigenvalue weighted by molar-refractivity contribution is 5.85. The highest BCUT2D eigenvalue weighted by atomic mass is 35.5. The highest BCUT2D eigenvalue weighted by Gasteiger charge is 2.35. The van der Waals surface area contributed by atoms with Crippen molar-refractivity contribution in [1.82, 2.24) is 10.2 Å². The van der Waals surface area contributed by atoms with Crippen LogP contribution in [0.5, 0.6) is 5.75 Å². The van der Waals surface area contributed by atoms with Crippen molar-refractivity contribution in [3.05, 3.63) is 33.6 Å². The van der Waals surface area contributed by atoms with Crippen LogP contribution in [-0.2, 0) is 0 Å². The summed E-state index contributed by atoms with van der Waals surface area (Å²) in [5.41, 5.74) is 0.0685. The minimum Gasteiger partial charge on any atom is -0.505 e. The largest absolute Gasteiger partial charge is 0.505 e. The van der Waals surface area contributed by atoms with Gasteiger partial charge in [0.15, 0.2) is 11.6 Å². The quantitative estimate of drug-likeness (QED) is 0.602. The second kappa shape index (κ2) is 9.52. The molecule has 1 saturated carbocycles. The van der Waals surface area contributed by atoms with Gasteiger partial charge in [0.25, 0.3) is 5.69 Å². The van der Waals surface area contributed by atoms with Gasteiger partial charge in [0.2, 0.25) is 0 Å². The van der Waals surface area contributed by atoms with Crippen LogP contribution in [0, 0.1) is 21.8 Å². The number of halogens is 3. The van der Waals surface area contributed by atoms with E-state index in [4.69, 9.17) is 0 Å². The Labute approximate surface area is 158 Å². The molecule has 2 aliphatic rings. The Kier molecular flexibility index (Phi) is 8.34. The van der Waals surface area contributed by atoms with Crippen LogP contribution in [-0.4, -0.2) is 41.1 Å². The SMILES string of the molecule is Cl.Cl.O=[N+]([O-])c1cc(F)c(O)c([C@@H](C2CCCC2)N2CCNCC2)c1. The molecule has 6 nitrogen and oxygen atoms in total. The van der Waals surface area contributed by atoms with Crippen LogP contribution >= 0.6 is 24.8 Å². The van der Waals surface area contributed by atoms with E-state index in [2.05, 4.69) is 10.2 Å². The zero-order valence-corrected chi connectivity index (χ0v) is 15.5. The standard InChI is InChI=1S/C16H22FN3O3.2ClH/c17-14-10-12(20(22)23)9-13(16(14)21)15(11-3-1-2-4-11)19-7-5-18-6-8-19;;/h9-11,15,18,21H,1-8H2;2*1H/t15-;;/m1../s1. The topological polar surface area (TPSA) is 78.6 Å². The first-order valence-corrected chi connectivity index (χ1v) is 8.19. The molecular formula is C16H24Cl2FN3O3. The monoisotopic (exact) mass is 395 g/mol. The maximum atomic E-state index is 14.0. The number of hydrogen-bond acceptors (Lipinski definition) is 5. The van der Waals surface area contributed by atoms with Gasteiger partial charge in [-0.25, -0.2) is 4.39 Å². The first-order chi connectivity index (χ1) is 11.1. The molecule has 0 bridgehead atoms. The summed E-state index contributed by atoms with van der Waals surface area (Å²) in [5.74, 6) is -1.04. The number of phenols is 1. The maximum absolute atomic E-state index is 14.0. The number of nitrogens with zero attached hydrogens (tertiary/aromatic N) is 2. The Hall–Kier alpha value is -1.15. The molecule has 0 spiro atoms. The molecule has 142 valence electrons. The van der Waals surface area contributed by atoms with E-state index in [9.17, 15) is 19.6 Å². The second-order valence-corrected chi connectivity index (χ2v) is 6.40. The lowest BCUT2D eigenvalue weighted by molar-refractivity contribution is -0.385. The van der Waals surface area contributed by atoms with Gasteiger partial charge in [-0.15, -0.1) is 24.8 Å². The van der Waals surface area contributed by atoms with Crippen molar-refractivity contribution in [1.29, 1.82) is 0 Å². The molecule has 3 rings (SSSR count). The number of nitrogens with one attached hydrogen (secondary N) is 1. The third kappa shape index (κ3) is 4.73. The van der Waals surface area contributed by atoms with Gasteiger partial charge in [-0.3, -0.25) is 15.0 Å². The fraction of sp³-hybridized carbons (Fsp3) is 0.625. The second-order valence-electron chi connectivity index (χ2n) is 6.40. The van der Waals surface area contributed by atoms with Gasteiger partial charge in [0.1, 0.15) is 0 Å². The summed E-state index contributed by atoms with van der Waals surface area (Å²) in [4.78, 5) is 12.7. The van der Waals surface area contributed by atoms with Gasteiger partial charge in [0, 0.05) is 43.9 Å². The molecule has 1 aliphatic carbocycles. The summed E-state index contributed by atoms with van der Waals surface area (Å²) < 4.78 is 14.0. The number of hydrogen-bond donors (Lipinski definition) is 2. The first kappa shape index (κ1) is 21.9. The minimum absolute atomic E-state index is 0. The average Bonchev–Trinajstić information content (AvgIpc) is 3.06. The van der Waals surface area contributed by atoms with Crippen molar-refractivity contribution in [2.24, 2.45) is 5.92 Å². The van der Waals surface area contributed by atoms with E-state index >= 15 is 0 Å². The highest BCUT2D eigenvalue weighted by Crippen LogP contribution is 2.44. The van der Waals surface area contributed by atoms with E-state index < -0.39 is 16.5 Å². The lowest BCUT2D eigenvalue weighted by Gasteiger charge is -2.38. The fourth-order valence-electron chi connectivity index (χ4n) is 3.92. The molecule has 2 fully saturated rings. The summed E-state index contributed by atoms with van der Waals surface area (Å²) in [6, 6.07) is 1.99. The molecule has 0 aromatic heterocycles. The van der Waals surface area contributed by atoms with Crippen LogP contribution in [0.1, 0.15) is 37.3 Å². The summed E-state index contributed by atoms with van der Waals surface area (Å²) in [5, 5.41) is 24.6. The van der Waals surface area contributed by atoms with Crippen LogP contribution in [0.2, 0.25) is 0 Å². The Balaban J connectivity index is 0.00000156. The lowest BCUT2D eigenvalue weighted by Crippen LogP contribution is -2.46. The third-order valence-corrected chi connectivity index (χ3v) is 5.00. The Morgan fingerprint density at radius 1 is 1.24 bits per heavy atom. The van der Waals surface area contributed by atoms with E-state index in [-0.39, 0.29) is 36.5 Å². The van der Waals surface area contributed by atoms with Crippen LogP contribution in [0.25, 0.3) is 0 Å². The van der Waals surface area contributed by atoms with Crippen molar-refractivity contribution in [2.75, 3.05) is 26.2 Å². The van der Waals surface area contributed by atoms with Crippen LogP contribution < -0.4 is 5.32 Å². The van der Waals surface area contributed by atoms with Crippen molar-refractivity contribution < 1.29 is 14.4 Å². The Morgan fingerprint density at radius 2 is 1.84 bits per heavy atom. The number of nitro benzene ring substituents is 1. The van der Waals surface area contributed by atoms with Gasteiger partial charge in [-0.05, 0) is 18.8 Å². The van der Waals surface area contributed by atoms with Crippen molar-refractivity contribution in [2.45, 2.75) is 31.7 Å². The van der Waals surface area contributed by atoms with Crippen molar-refractivity contribution >= 4 is 30.5 Å². The molecule has 0 radical (unpaired) electrons. The molecule has 1 aromatic rings. The minimum atomic E-state index is -0.910. The number of aromatic hydroxyl groups is 1. The van der Waals surface area contributed by atoms with Crippen LogP contribution in [0.4, 0.5) is 10.1 Å². The number of benzene rings is 1. The van der Waals surface area contributed by atoms with Gasteiger partial charge in [0.05, 0.1) is 11.0 Å². The molecule has 2 N–H and O–H groups in total. The maximum Gasteiger partial charge on any atom is 0.272 e. The molecule has 9 heteroatoms. The molecule has 0 unspecified atom stereocenters. The summed E-state index contributed by atoms with van der Waals surface area (Å²) in [7, 11) is 0. The van der Waals surface area contributed by atoms with E-state index in [1.807, 2.05) is 0 Å². The zero-order valence-electron chi connectivity index (χ0n) is 13.8. The molecule has 1 heterocycles. The zero-order chi connectivity index (χ0) is 16.4. The predicted molar refractivity (Wildman–Crippen MR) is 98.4 cm³/mol. The number of phenolic OH excluding ortho intramolecular Hbond substituents is 1. The first-order valence-electron chi connectivity index (χ1n) is 8.19. The Bertz CT molecular complexity index is 594. The molecule has 25 heavy (non-hydrogen) atoms. The summed E-state index contributed by atoms with van der Waals surface area (Å²) in [6.45, 7) is 3.26. The predicted octanol–water partition coefficient (Wildman–Crippen LogP) is 3.42. The number of rotatable bonds is 4. The Morgan fingerprint density at radius 3 is 2.40 bits per heavy atom. The van der Waals surface area contributed by atoms with Crippen LogP contribution in [0.15, 0.2) is 12.1 Å². The molecule has 1 saturated heterocycles. The summed E-state index contributed by atoms with van der Waals surface area (Å²) >= 11 is 0. The van der Waals surface area contributed by atoms with E-state index in [1.54, 1.807) is 0 Å². The number of piperazine rings is 1. The molecular weight excluding hydrogens is 372 g/mol.